The average Bonchev–Trinajstić information content (AvgIpc) is 3.56. The van der Waals surface area contributed by atoms with Crippen molar-refractivity contribution in [2.75, 3.05) is 45.9 Å². The van der Waals surface area contributed by atoms with Crippen LogP contribution < -0.4 is 5.32 Å². The van der Waals surface area contributed by atoms with Gasteiger partial charge in [0.25, 0.3) is 5.91 Å². The summed E-state index contributed by atoms with van der Waals surface area (Å²) < 4.78 is 5.55. The maximum Gasteiger partial charge on any atom is 0.251 e. The summed E-state index contributed by atoms with van der Waals surface area (Å²) in [7, 11) is 0. The van der Waals surface area contributed by atoms with Gasteiger partial charge in [0.05, 0.1) is 0 Å². The first-order chi connectivity index (χ1) is 12.2. The van der Waals surface area contributed by atoms with Crippen LogP contribution in [-0.2, 0) is 9.53 Å². The Morgan fingerprint density at radius 1 is 1.16 bits per heavy atom. The van der Waals surface area contributed by atoms with Crippen LogP contribution in [-0.4, -0.2) is 73.6 Å². The van der Waals surface area contributed by atoms with Crippen molar-refractivity contribution < 1.29 is 9.53 Å². The quantitative estimate of drug-likeness (QED) is 0.604. The maximum absolute atomic E-state index is 12.5. The number of amides is 1. The molecule has 0 radical (unpaired) electrons. The van der Waals surface area contributed by atoms with E-state index in [1.165, 1.54) is 25.7 Å². The monoisotopic (exact) mass is 348 g/mol. The second-order valence-corrected chi connectivity index (χ2v) is 8.12. The molecule has 6 nitrogen and oxygen atoms in total. The minimum absolute atomic E-state index is 0.185. The molecule has 140 valence electrons. The summed E-state index contributed by atoms with van der Waals surface area (Å²) in [5.41, 5.74) is 0.540. The summed E-state index contributed by atoms with van der Waals surface area (Å²) in [5, 5.41) is 3.46. The van der Waals surface area contributed by atoms with Crippen molar-refractivity contribution in [2.24, 2.45) is 16.3 Å². The zero-order valence-corrected chi connectivity index (χ0v) is 15.5. The van der Waals surface area contributed by atoms with Crippen LogP contribution >= 0.6 is 0 Å². The third kappa shape index (κ3) is 3.78. The van der Waals surface area contributed by atoms with Crippen LogP contribution in [0.2, 0.25) is 0 Å². The topological polar surface area (TPSA) is 57.2 Å². The Hall–Kier alpha value is -1.30. The lowest BCUT2D eigenvalue weighted by molar-refractivity contribution is -0.142. The molecule has 25 heavy (non-hydrogen) atoms. The molecule has 2 aliphatic heterocycles. The van der Waals surface area contributed by atoms with Crippen LogP contribution in [0.3, 0.4) is 0 Å². The number of hydrogen-bond donors (Lipinski definition) is 1. The maximum atomic E-state index is 12.5. The molecule has 4 fully saturated rings. The fraction of sp³-hybridized carbons (Fsp3) is 0.895. The third-order valence-corrected chi connectivity index (χ3v) is 6.31. The predicted molar refractivity (Wildman–Crippen MR) is 97.5 cm³/mol. The first-order valence-corrected chi connectivity index (χ1v) is 10.2. The molecular formula is C19H32N4O2. The van der Waals surface area contributed by atoms with Gasteiger partial charge in [-0.05, 0) is 56.8 Å². The van der Waals surface area contributed by atoms with Gasteiger partial charge in [-0.3, -0.25) is 9.79 Å². The van der Waals surface area contributed by atoms with E-state index in [9.17, 15) is 4.79 Å². The second kappa shape index (κ2) is 7.14. The molecule has 1 unspecified atom stereocenters. The van der Waals surface area contributed by atoms with Crippen LogP contribution in [0, 0.1) is 11.3 Å². The van der Waals surface area contributed by atoms with Gasteiger partial charge in [-0.25, -0.2) is 0 Å². The molecule has 1 N–H and O–H groups in total. The number of ether oxygens (including phenoxy) is 1. The van der Waals surface area contributed by atoms with Gasteiger partial charge < -0.3 is 19.9 Å². The molecule has 1 atom stereocenters. The third-order valence-electron chi connectivity index (χ3n) is 6.31. The lowest BCUT2D eigenvalue weighted by Crippen LogP contribution is -2.55. The molecule has 6 heteroatoms. The standard InChI is InChI=1S/C19H32N4O2/c1-2-20-18(21-14-19(7-8-19)15-5-6-15)23-11-9-22(10-12-23)17(24)16-4-3-13-25-16/h15-16H,2-14H2,1H3,(H,20,21). The molecule has 4 aliphatic rings. The molecule has 0 aromatic heterocycles. The first kappa shape index (κ1) is 17.1. The first-order valence-electron chi connectivity index (χ1n) is 10.2. The van der Waals surface area contributed by atoms with E-state index in [0.717, 1.165) is 70.6 Å². The lowest BCUT2D eigenvalue weighted by Gasteiger charge is -2.37. The summed E-state index contributed by atoms with van der Waals surface area (Å²) in [6.07, 6.45) is 7.25. The number of nitrogens with zero attached hydrogens (tertiary/aromatic N) is 3. The molecule has 2 saturated carbocycles. The van der Waals surface area contributed by atoms with Gasteiger partial charge in [-0.15, -0.1) is 0 Å². The Balaban J connectivity index is 1.31. The molecule has 0 bridgehead atoms. The highest BCUT2D eigenvalue weighted by Gasteiger charge is 2.53. The van der Waals surface area contributed by atoms with Crippen molar-refractivity contribution in [1.29, 1.82) is 0 Å². The zero-order chi connectivity index (χ0) is 17.3. The summed E-state index contributed by atoms with van der Waals surface area (Å²) in [4.78, 5) is 21.8. The van der Waals surface area contributed by atoms with Crippen molar-refractivity contribution in [2.45, 2.75) is 51.6 Å². The van der Waals surface area contributed by atoms with E-state index < -0.39 is 0 Å². The zero-order valence-electron chi connectivity index (χ0n) is 15.5. The van der Waals surface area contributed by atoms with E-state index in [-0.39, 0.29) is 12.0 Å². The number of carbonyl (C=O) groups excluding carboxylic acids is 1. The highest BCUT2D eigenvalue weighted by molar-refractivity contribution is 5.82. The smallest absolute Gasteiger partial charge is 0.251 e. The molecule has 0 aromatic carbocycles. The van der Waals surface area contributed by atoms with Crippen molar-refractivity contribution in [3.8, 4) is 0 Å². The molecule has 2 heterocycles. The number of carbonyl (C=O) groups is 1. The van der Waals surface area contributed by atoms with Crippen LogP contribution in [0.25, 0.3) is 0 Å². The summed E-state index contributed by atoms with van der Waals surface area (Å²) >= 11 is 0. The van der Waals surface area contributed by atoms with Crippen LogP contribution in [0.4, 0.5) is 0 Å². The van der Waals surface area contributed by atoms with Crippen molar-refractivity contribution in [1.82, 2.24) is 15.1 Å². The van der Waals surface area contributed by atoms with Gasteiger partial charge in [0, 0.05) is 45.9 Å². The van der Waals surface area contributed by atoms with Crippen molar-refractivity contribution in [3.63, 3.8) is 0 Å². The highest BCUT2D eigenvalue weighted by atomic mass is 16.5. The van der Waals surface area contributed by atoms with Crippen molar-refractivity contribution in [3.05, 3.63) is 0 Å². The van der Waals surface area contributed by atoms with Crippen LogP contribution in [0.15, 0.2) is 4.99 Å². The van der Waals surface area contributed by atoms with E-state index >= 15 is 0 Å². The summed E-state index contributed by atoms with van der Waals surface area (Å²) in [6, 6.07) is 0. The molecular weight excluding hydrogens is 316 g/mol. The molecule has 2 saturated heterocycles. The average molecular weight is 348 g/mol. The van der Waals surface area contributed by atoms with Gasteiger partial charge in [-0.2, -0.15) is 0 Å². The lowest BCUT2D eigenvalue weighted by atomic mass is 10.0. The summed E-state index contributed by atoms with van der Waals surface area (Å²) in [6.45, 7) is 8.01. The number of hydrogen-bond acceptors (Lipinski definition) is 3. The van der Waals surface area contributed by atoms with E-state index in [1.807, 2.05) is 4.90 Å². The number of guanidine groups is 1. The van der Waals surface area contributed by atoms with Crippen LogP contribution in [0.1, 0.15) is 45.4 Å². The normalized spacial score (nSPS) is 29.0. The van der Waals surface area contributed by atoms with E-state index in [1.54, 1.807) is 0 Å². The molecule has 0 aromatic rings. The van der Waals surface area contributed by atoms with Gasteiger partial charge in [0.1, 0.15) is 6.10 Å². The molecule has 4 rings (SSSR count). The predicted octanol–water partition coefficient (Wildman–Crippen LogP) is 1.47. The van der Waals surface area contributed by atoms with Gasteiger partial charge >= 0.3 is 0 Å². The molecule has 2 aliphatic carbocycles. The highest BCUT2D eigenvalue weighted by Crippen LogP contribution is 2.61. The minimum atomic E-state index is -0.193. The fourth-order valence-corrected chi connectivity index (χ4v) is 4.32. The summed E-state index contributed by atoms with van der Waals surface area (Å²) in [5.74, 6) is 2.17. The van der Waals surface area contributed by atoms with Gasteiger partial charge in [-0.1, -0.05) is 0 Å². The van der Waals surface area contributed by atoms with E-state index in [0.29, 0.717) is 5.41 Å². The fourth-order valence-electron chi connectivity index (χ4n) is 4.32. The Kier molecular flexibility index (Phi) is 4.89. The Bertz CT molecular complexity index is 514. The Morgan fingerprint density at radius 2 is 1.88 bits per heavy atom. The van der Waals surface area contributed by atoms with Gasteiger partial charge in [0.15, 0.2) is 5.96 Å². The van der Waals surface area contributed by atoms with Crippen LogP contribution in [0.5, 0.6) is 0 Å². The van der Waals surface area contributed by atoms with E-state index in [4.69, 9.17) is 9.73 Å². The number of aliphatic imine (C=N–C) groups is 1. The Labute approximate surface area is 151 Å². The molecule has 0 spiro atoms. The van der Waals surface area contributed by atoms with Crippen molar-refractivity contribution >= 4 is 11.9 Å². The largest absolute Gasteiger partial charge is 0.368 e. The number of piperazine rings is 1. The molecule has 1 amide bonds. The minimum Gasteiger partial charge on any atom is -0.368 e. The number of nitrogens with one attached hydrogen (secondary N) is 1. The number of rotatable bonds is 5. The Morgan fingerprint density at radius 3 is 2.44 bits per heavy atom. The SMILES string of the molecule is CCNC(=NCC1(C2CC2)CC1)N1CCN(C(=O)C2CCCO2)CC1. The second-order valence-electron chi connectivity index (χ2n) is 8.12. The van der Waals surface area contributed by atoms with Gasteiger partial charge in [0.2, 0.25) is 0 Å². The van der Waals surface area contributed by atoms with E-state index in [2.05, 4.69) is 17.1 Å².